The maximum Gasteiger partial charge on any atom is 0.314 e. The van der Waals surface area contributed by atoms with Gasteiger partial charge in [0.15, 0.2) is 0 Å². The second-order valence-electron chi connectivity index (χ2n) is 6.11. The summed E-state index contributed by atoms with van der Waals surface area (Å²) >= 11 is 0. The number of hydrogen-bond donors (Lipinski definition) is 3. The van der Waals surface area contributed by atoms with Gasteiger partial charge < -0.3 is 25.1 Å². The maximum atomic E-state index is 11.9. The van der Waals surface area contributed by atoms with E-state index >= 15 is 0 Å². The third-order valence-corrected chi connectivity index (χ3v) is 4.03. The van der Waals surface area contributed by atoms with Gasteiger partial charge >= 0.3 is 6.03 Å². The molecule has 6 nitrogen and oxygen atoms in total. The van der Waals surface area contributed by atoms with E-state index in [9.17, 15) is 9.90 Å². The quantitative estimate of drug-likeness (QED) is 0.727. The topological polar surface area (TPSA) is 77.7 Å². The van der Waals surface area contributed by atoms with Crippen molar-refractivity contribution < 1.29 is 14.3 Å². The van der Waals surface area contributed by atoms with Gasteiger partial charge in [-0.05, 0) is 38.1 Å². The molecule has 0 spiro atoms. The smallest absolute Gasteiger partial charge is 0.314 e. The molecule has 2 unspecified atom stereocenters. The Labute approximate surface area is 142 Å². The van der Waals surface area contributed by atoms with Gasteiger partial charge in [0.2, 0.25) is 0 Å². The van der Waals surface area contributed by atoms with Crippen molar-refractivity contribution in [2.75, 3.05) is 25.0 Å². The summed E-state index contributed by atoms with van der Waals surface area (Å²) in [6.07, 6.45) is 1.49. The van der Waals surface area contributed by atoms with Gasteiger partial charge in [-0.25, -0.2) is 4.79 Å². The summed E-state index contributed by atoms with van der Waals surface area (Å²) in [6.45, 7) is 4.18. The van der Waals surface area contributed by atoms with Gasteiger partial charge in [0, 0.05) is 25.3 Å². The molecule has 1 heterocycles. The number of amides is 2. The number of likely N-dealkylation sites (N-methyl/N-ethyl adjacent to an activating group) is 1. The van der Waals surface area contributed by atoms with Gasteiger partial charge in [0.1, 0.15) is 11.4 Å². The summed E-state index contributed by atoms with van der Waals surface area (Å²) in [6, 6.07) is 13.2. The van der Waals surface area contributed by atoms with Crippen LogP contribution in [0, 0.1) is 0 Å². The maximum absolute atomic E-state index is 11.9. The molecule has 1 aromatic carbocycles. The summed E-state index contributed by atoms with van der Waals surface area (Å²) in [7, 11) is 1.99. The van der Waals surface area contributed by atoms with E-state index in [1.165, 1.54) is 6.26 Å². The zero-order valence-electron chi connectivity index (χ0n) is 14.3. The van der Waals surface area contributed by atoms with Gasteiger partial charge in [0.05, 0.1) is 12.8 Å². The number of hydrogen-bond acceptors (Lipinski definition) is 4. The van der Waals surface area contributed by atoms with Crippen molar-refractivity contribution in [3.63, 3.8) is 0 Å². The van der Waals surface area contributed by atoms with Crippen LogP contribution in [-0.2, 0) is 5.60 Å². The molecule has 0 aliphatic heterocycles. The van der Waals surface area contributed by atoms with E-state index in [1.54, 1.807) is 19.1 Å². The Balaban J connectivity index is 1.77. The highest BCUT2D eigenvalue weighted by atomic mass is 16.4. The van der Waals surface area contributed by atoms with Crippen molar-refractivity contribution >= 4 is 11.7 Å². The van der Waals surface area contributed by atoms with Crippen LogP contribution in [0.4, 0.5) is 10.5 Å². The molecule has 3 N–H and O–H groups in total. The molecule has 2 aromatic rings. The largest absolute Gasteiger partial charge is 0.466 e. The fraction of sp³-hybridized carbons (Fsp3) is 0.389. The molecule has 0 aliphatic carbocycles. The Hall–Kier alpha value is -2.47. The number of urea groups is 1. The number of furan rings is 1. The fourth-order valence-electron chi connectivity index (χ4n) is 2.28. The molecule has 2 amide bonds. The predicted molar refractivity (Wildman–Crippen MR) is 94.0 cm³/mol. The van der Waals surface area contributed by atoms with Crippen LogP contribution in [0.25, 0.3) is 0 Å². The predicted octanol–water partition coefficient (Wildman–Crippen LogP) is 2.31. The summed E-state index contributed by atoms with van der Waals surface area (Å²) in [5, 5.41) is 15.8. The molecule has 0 fully saturated rings. The van der Waals surface area contributed by atoms with E-state index in [4.69, 9.17) is 4.42 Å². The van der Waals surface area contributed by atoms with Crippen LogP contribution < -0.4 is 15.5 Å². The molecule has 0 saturated carbocycles. The van der Waals surface area contributed by atoms with E-state index < -0.39 is 5.60 Å². The van der Waals surface area contributed by atoms with Gasteiger partial charge in [-0.1, -0.05) is 18.2 Å². The molecule has 24 heavy (non-hydrogen) atoms. The number of nitrogens with one attached hydrogen (secondary N) is 2. The second kappa shape index (κ2) is 7.88. The average Bonchev–Trinajstić information content (AvgIpc) is 3.13. The lowest BCUT2D eigenvalue weighted by Crippen LogP contribution is -2.47. The number of aliphatic hydroxyl groups is 1. The van der Waals surface area contributed by atoms with E-state index in [2.05, 4.69) is 15.5 Å². The minimum absolute atomic E-state index is 0.0647. The number of benzene rings is 1. The SMILES string of the molecule is CC(CNC(=O)NCC(C)(O)c1ccco1)N(C)c1ccccc1. The Bertz CT molecular complexity index is 626. The van der Waals surface area contributed by atoms with Crippen molar-refractivity contribution in [3.05, 3.63) is 54.5 Å². The van der Waals surface area contributed by atoms with Crippen LogP contribution in [0.1, 0.15) is 19.6 Å². The zero-order valence-corrected chi connectivity index (χ0v) is 14.3. The van der Waals surface area contributed by atoms with Crippen LogP contribution in [-0.4, -0.2) is 37.3 Å². The normalized spacial score (nSPS) is 14.5. The number of rotatable bonds is 7. The number of carbonyl (C=O) groups is 1. The van der Waals surface area contributed by atoms with Crippen LogP contribution in [0.15, 0.2) is 53.1 Å². The molecule has 130 valence electrons. The van der Waals surface area contributed by atoms with Crippen molar-refractivity contribution in [3.8, 4) is 0 Å². The van der Waals surface area contributed by atoms with Gasteiger partial charge in [-0.3, -0.25) is 0 Å². The molecule has 1 aromatic heterocycles. The van der Waals surface area contributed by atoms with Gasteiger partial charge in [0.25, 0.3) is 0 Å². The average molecular weight is 331 g/mol. The summed E-state index contributed by atoms with van der Waals surface area (Å²) in [5.41, 5.74) is -0.152. The number of para-hydroxylation sites is 1. The lowest BCUT2D eigenvalue weighted by atomic mass is 10.0. The standard InChI is InChI=1S/C18H25N3O3/c1-14(21(3)15-8-5-4-6-9-15)12-19-17(22)20-13-18(2,23)16-10-7-11-24-16/h4-11,14,23H,12-13H2,1-3H3,(H2,19,20,22). The molecule has 0 bridgehead atoms. The first-order valence-corrected chi connectivity index (χ1v) is 7.96. The van der Waals surface area contributed by atoms with E-state index in [1.807, 2.05) is 44.3 Å². The highest BCUT2D eigenvalue weighted by molar-refractivity contribution is 5.74. The minimum Gasteiger partial charge on any atom is -0.466 e. The van der Waals surface area contributed by atoms with Crippen LogP contribution in [0.5, 0.6) is 0 Å². The number of nitrogens with zero attached hydrogens (tertiary/aromatic N) is 1. The highest BCUT2D eigenvalue weighted by Gasteiger charge is 2.26. The molecule has 2 rings (SSSR count). The third-order valence-electron chi connectivity index (χ3n) is 4.03. The third kappa shape index (κ3) is 4.76. The van der Waals surface area contributed by atoms with Crippen molar-refractivity contribution in [2.45, 2.75) is 25.5 Å². The summed E-state index contributed by atoms with van der Waals surface area (Å²) < 4.78 is 5.18. The van der Waals surface area contributed by atoms with Crippen LogP contribution >= 0.6 is 0 Å². The number of carbonyl (C=O) groups excluding carboxylic acids is 1. The highest BCUT2D eigenvalue weighted by Crippen LogP contribution is 2.19. The lowest BCUT2D eigenvalue weighted by molar-refractivity contribution is 0.0367. The van der Waals surface area contributed by atoms with Gasteiger partial charge in [-0.15, -0.1) is 0 Å². The van der Waals surface area contributed by atoms with Crippen LogP contribution in [0.3, 0.4) is 0 Å². The molecule has 0 saturated heterocycles. The molecule has 6 heteroatoms. The monoisotopic (exact) mass is 331 g/mol. The summed E-state index contributed by atoms with van der Waals surface area (Å²) in [4.78, 5) is 14.0. The molecule has 0 radical (unpaired) electrons. The summed E-state index contributed by atoms with van der Waals surface area (Å²) in [5.74, 6) is 0.417. The Kier molecular flexibility index (Phi) is 5.87. The van der Waals surface area contributed by atoms with E-state index in [0.717, 1.165) is 5.69 Å². The van der Waals surface area contributed by atoms with Crippen LogP contribution in [0.2, 0.25) is 0 Å². The zero-order chi connectivity index (χ0) is 17.6. The molecular weight excluding hydrogens is 306 g/mol. The Morgan fingerprint density at radius 2 is 1.96 bits per heavy atom. The Morgan fingerprint density at radius 1 is 1.25 bits per heavy atom. The first kappa shape index (κ1) is 17.9. The molecule has 2 atom stereocenters. The Morgan fingerprint density at radius 3 is 2.58 bits per heavy atom. The van der Waals surface area contributed by atoms with Crippen molar-refractivity contribution in [1.29, 1.82) is 0 Å². The first-order valence-electron chi connectivity index (χ1n) is 7.96. The van der Waals surface area contributed by atoms with Crippen molar-refractivity contribution in [2.24, 2.45) is 0 Å². The van der Waals surface area contributed by atoms with E-state index in [-0.39, 0.29) is 18.6 Å². The van der Waals surface area contributed by atoms with E-state index in [0.29, 0.717) is 12.3 Å². The fourth-order valence-corrected chi connectivity index (χ4v) is 2.28. The van der Waals surface area contributed by atoms with Crippen molar-refractivity contribution in [1.82, 2.24) is 10.6 Å². The molecular formula is C18H25N3O3. The first-order chi connectivity index (χ1) is 11.4. The molecule has 0 aliphatic rings. The minimum atomic E-state index is -1.24. The number of anilines is 1. The lowest BCUT2D eigenvalue weighted by Gasteiger charge is -2.27. The second-order valence-corrected chi connectivity index (χ2v) is 6.11. The van der Waals surface area contributed by atoms with Gasteiger partial charge in [-0.2, -0.15) is 0 Å².